The van der Waals surface area contributed by atoms with Crippen molar-refractivity contribution in [3.8, 4) is 0 Å². The second-order valence-electron chi connectivity index (χ2n) is 5.36. The summed E-state index contributed by atoms with van der Waals surface area (Å²) in [6.07, 6.45) is 2.05. The van der Waals surface area contributed by atoms with Crippen LogP contribution in [0.4, 0.5) is 0 Å². The lowest BCUT2D eigenvalue weighted by Gasteiger charge is -2.22. The Labute approximate surface area is 154 Å². The summed E-state index contributed by atoms with van der Waals surface area (Å²) >= 11 is 0. The summed E-state index contributed by atoms with van der Waals surface area (Å²) in [5.41, 5.74) is 1.24. The molecule has 0 fully saturated rings. The number of hydrogen-bond acceptors (Lipinski definition) is 3. The fourth-order valence-electron chi connectivity index (χ4n) is 2.18. The molecule has 0 atom stereocenters. The van der Waals surface area contributed by atoms with E-state index in [1.165, 1.54) is 5.69 Å². The highest BCUT2D eigenvalue weighted by molar-refractivity contribution is 14.0. The van der Waals surface area contributed by atoms with E-state index in [0.717, 1.165) is 30.7 Å². The first-order valence-electron chi connectivity index (χ1n) is 7.47. The summed E-state index contributed by atoms with van der Waals surface area (Å²) in [7, 11) is 6.05. The Morgan fingerprint density at radius 3 is 2.61 bits per heavy atom. The van der Waals surface area contributed by atoms with Crippen molar-refractivity contribution in [1.82, 2.24) is 29.5 Å². The van der Waals surface area contributed by atoms with Crippen LogP contribution in [-0.2, 0) is 27.2 Å². The molecule has 0 spiro atoms. The van der Waals surface area contributed by atoms with Crippen LogP contribution < -0.4 is 5.32 Å². The molecule has 2 rings (SSSR count). The predicted octanol–water partition coefficient (Wildman–Crippen LogP) is 1.68. The van der Waals surface area contributed by atoms with Crippen LogP contribution in [0, 0.1) is 6.92 Å². The Balaban J connectivity index is 0.00000264. The van der Waals surface area contributed by atoms with Gasteiger partial charge in [0.2, 0.25) is 0 Å². The molecule has 8 heteroatoms. The van der Waals surface area contributed by atoms with E-state index in [4.69, 9.17) is 0 Å². The van der Waals surface area contributed by atoms with Gasteiger partial charge in [-0.2, -0.15) is 0 Å². The molecule has 0 saturated heterocycles. The average Bonchev–Trinajstić information content (AvgIpc) is 3.03. The summed E-state index contributed by atoms with van der Waals surface area (Å²) in [5, 5.41) is 11.5. The highest BCUT2D eigenvalue weighted by Gasteiger charge is 2.10. The first-order chi connectivity index (χ1) is 10.5. The number of aryl methyl sites for hydroxylation is 2. The van der Waals surface area contributed by atoms with Gasteiger partial charge in [0.15, 0.2) is 11.8 Å². The number of guanidine groups is 1. The van der Waals surface area contributed by atoms with Gasteiger partial charge in [-0.1, -0.05) is 0 Å². The van der Waals surface area contributed by atoms with Crippen LogP contribution >= 0.6 is 24.0 Å². The molecular weight excluding hydrogens is 405 g/mol. The van der Waals surface area contributed by atoms with Crippen molar-refractivity contribution in [2.24, 2.45) is 19.1 Å². The maximum Gasteiger partial charge on any atom is 0.194 e. The Morgan fingerprint density at radius 2 is 2.09 bits per heavy atom. The van der Waals surface area contributed by atoms with E-state index in [1.807, 2.05) is 25.6 Å². The molecule has 0 saturated carbocycles. The van der Waals surface area contributed by atoms with Crippen LogP contribution in [0.25, 0.3) is 0 Å². The topological polar surface area (TPSA) is 63.3 Å². The zero-order valence-electron chi connectivity index (χ0n) is 14.4. The highest BCUT2D eigenvalue weighted by atomic mass is 127. The molecule has 0 aliphatic carbocycles. The van der Waals surface area contributed by atoms with Gasteiger partial charge in [0, 0.05) is 39.6 Å². The average molecular weight is 431 g/mol. The van der Waals surface area contributed by atoms with Crippen molar-refractivity contribution in [2.45, 2.75) is 26.9 Å². The quantitative estimate of drug-likeness (QED) is 0.445. The Hall–Kier alpha value is -1.58. The Morgan fingerprint density at radius 1 is 1.35 bits per heavy atom. The molecule has 128 valence electrons. The van der Waals surface area contributed by atoms with Gasteiger partial charge in [-0.25, -0.2) is 4.99 Å². The predicted molar refractivity (Wildman–Crippen MR) is 103 cm³/mol. The minimum Gasteiger partial charge on any atom is -0.357 e. The number of aromatic nitrogens is 4. The zero-order chi connectivity index (χ0) is 16.1. The van der Waals surface area contributed by atoms with Crippen LogP contribution in [0.2, 0.25) is 0 Å². The third-order valence-corrected chi connectivity index (χ3v) is 3.70. The lowest BCUT2D eigenvalue weighted by Crippen LogP contribution is -2.38. The van der Waals surface area contributed by atoms with E-state index in [1.54, 1.807) is 0 Å². The minimum atomic E-state index is 0. The second kappa shape index (κ2) is 8.90. The van der Waals surface area contributed by atoms with Gasteiger partial charge >= 0.3 is 0 Å². The summed E-state index contributed by atoms with van der Waals surface area (Å²) in [6.45, 7) is 6.14. The number of nitrogens with zero attached hydrogens (tertiary/aromatic N) is 6. The second-order valence-corrected chi connectivity index (χ2v) is 5.36. The zero-order valence-corrected chi connectivity index (χ0v) is 16.8. The van der Waals surface area contributed by atoms with E-state index in [-0.39, 0.29) is 24.0 Å². The van der Waals surface area contributed by atoms with Crippen molar-refractivity contribution in [1.29, 1.82) is 0 Å². The van der Waals surface area contributed by atoms with Gasteiger partial charge < -0.3 is 19.4 Å². The molecule has 0 aromatic carbocycles. The monoisotopic (exact) mass is 431 g/mol. The maximum absolute atomic E-state index is 4.67. The van der Waals surface area contributed by atoms with Crippen molar-refractivity contribution in [3.63, 3.8) is 0 Å². The fraction of sp³-hybridized carbons (Fsp3) is 0.533. The molecule has 2 heterocycles. The van der Waals surface area contributed by atoms with E-state index in [2.05, 4.69) is 62.3 Å². The molecule has 0 unspecified atom stereocenters. The van der Waals surface area contributed by atoms with Gasteiger partial charge in [0.25, 0.3) is 0 Å². The largest absolute Gasteiger partial charge is 0.357 e. The van der Waals surface area contributed by atoms with Crippen LogP contribution in [0.3, 0.4) is 0 Å². The number of rotatable bonds is 5. The summed E-state index contributed by atoms with van der Waals surface area (Å²) < 4.78 is 4.08. The molecule has 0 aliphatic heterocycles. The molecule has 2 aromatic heterocycles. The van der Waals surface area contributed by atoms with Gasteiger partial charge in [-0.15, -0.1) is 34.2 Å². The first-order valence-corrected chi connectivity index (χ1v) is 7.47. The highest BCUT2D eigenvalue weighted by Crippen LogP contribution is 2.05. The molecule has 7 nitrogen and oxygen atoms in total. The number of halogens is 1. The minimum absolute atomic E-state index is 0. The summed E-state index contributed by atoms with van der Waals surface area (Å²) in [4.78, 5) is 6.78. The standard InChI is InChI=1S/C15H25N7.HI/c1-6-16-15(17-10-14-19-18-12(2)22(14)5)21(4)11-13-8-7-9-20(13)3;/h7-9H,6,10-11H2,1-5H3,(H,16,17);1H. The molecular formula is C15H26IN7. The SMILES string of the molecule is CCNC(=NCc1nnc(C)n1C)N(C)Cc1cccn1C.I. The van der Waals surface area contributed by atoms with Gasteiger partial charge in [0.05, 0.1) is 6.54 Å². The Bertz CT molecular complexity index is 644. The van der Waals surface area contributed by atoms with Crippen molar-refractivity contribution >= 4 is 29.9 Å². The van der Waals surface area contributed by atoms with E-state index in [9.17, 15) is 0 Å². The molecule has 0 radical (unpaired) electrons. The third-order valence-electron chi connectivity index (χ3n) is 3.70. The van der Waals surface area contributed by atoms with Crippen molar-refractivity contribution in [2.75, 3.05) is 13.6 Å². The number of nitrogens with one attached hydrogen (secondary N) is 1. The number of aliphatic imine (C=N–C) groups is 1. The van der Waals surface area contributed by atoms with Crippen LogP contribution in [-0.4, -0.2) is 43.8 Å². The Kier molecular flexibility index (Phi) is 7.53. The van der Waals surface area contributed by atoms with E-state index < -0.39 is 0 Å². The molecule has 0 aliphatic rings. The maximum atomic E-state index is 4.67. The smallest absolute Gasteiger partial charge is 0.194 e. The van der Waals surface area contributed by atoms with Gasteiger partial charge in [0.1, 0.15) is 12.4 Å². The van der Waals surface area contributed by atoms with Gasteiger partial charge in [-0.3, -0.25) is 0 Å². The fourth-order valence-corrected chi connectivity index (χ4v) is 2.18. The lowest BCUT2D eigenvalue weighted by molar-refractivity contribution is 0.461. The van der Waals surface area contributed by atoms with E-state index in [0.29, 0.717) is 6.54 Å². The molecule has 2 aromatic rings. The van der Waals surface area contributed by atoms with Gasteiger partial charge in [-0.05, 0) is 26.0 Å². The van der Waals surface area contributed by atoms with Crippen LogP contribution in [0.1, 0.15) is 24.3 Å². The van der Waals surface area contributed by atoms with Crippen molar-refractivity contribution < 1.29 is 0 Å². The first kappa shape index (κ1) is 19.5. The number of hydrogen-bond donors (Lipinski definition) is 1. The molecule has 23 heavy (non-hydrogen) atoms. The van der Waals surface area contributed by atoms with Crippen molar-refractivity contribution in [3.05, 3.63) is 35.7 Å². The summed E-state index contributed by atoms with van der Waals surface area (Å²) in [5.74, 6) is 2.62. The van der Waals surface area contributed by atoms with E-state index >= 15 is 0 Å². The normalized spacial score (nSPS) is 11.3. The molecule has 1 N–H and O–H groups in total. The lowest BCUT2D eigenvalue weighted by atomic mass is 10.4. The van der Waals surface area contributed by atoms with Crippen LogP contribution in [0.5, 0.6) is 0 Å². The molecule has 0 bridgehead atoms. The third kappa shape index (κ3) is 4.95. The van der Waals surface area contributed by atoms with Crippen LogP contribution in [0.15, 0.2) is 23.3 Å². The summed E-state index contributed by atoms with van der Waals surface area (Å²) in [6, 6.07) is 4.17. The molecule has 0 amide bonds.